The summed E-state index contributed by atoms with van der Waals surface area (Å²) in [6.45, 7) is 3.57. The highest BCUT2D eigenvalue weighted by molar-refractivity contribution is 7.10. The Balaban J connectivity index is 1.77. The standard InChI is InChI=1S/C21H22N2O5S/c1-4-28-20(26)21(2)16-15(17(22-21)14-6-5-11-29-14)18(24)23(19(16)25)12-7-9-13(27-3)10-8-12/h5-11,15-17,22H,4H2,1-3H3/t15-,16-,17-,21+/m0/s1. The van der Waals surface area contributed by atoms with Crippen LogP contribution in [0.25, 0.3) is 0 Å². The second-order valence-electron chi connectivity index (χ2n) is 7.27. The van der Waals surface area contributed by atoms with E-state index in [4.69, 9.17) is 9.47 Å². The number of amides is 2. The monoisotopic (exact) mass is 414 g/mol. The molecule has 1 aromatic heterocycles. The molecule has 152 valence electrons. The number of rotatable bonds is 5. The minimum absolute atomic E-state index is 0.196. The molecular weight excluding hydrogens is 392 g/mol. The van der Waals surface area contributed by atoms with Gasteiger partial charge in [-0.25, -0.2) is 4.90 Å². The summed E-state index contributed by atoms with van der Waals surface area (Å²) in [6.07, 6.45) is 0. The molecule has 2 fully saturated rings. The van der Waals surface area contributed by atoms with Crippen LogP contribution in [0.5, 0.6) is 5.75 Å². The molecule has 8 heteroatoms. The van der Waals surface area contributed by atoms with Gasteiger partial charge in [-0.2, -0.15) is 0 Å². The first-order valence-electron chi connectivity index (χ1n) is 9.42. The maximum absolute atomic E-state index is 13.4. The van der Waals surface area contributed by atoms with Gasteiger partial charge in [-0.05, 0) is 49.6 Å². The van der Waals surface area contributed by atoms with E-state index in [1.165, 1.54) is 16.2 Å². The first kappa shape index (κ1) is 19.6. The van der Waals surface area contributed by atoms with Gasteiger partial charge in [0.2, 0.25) is 11.8 Å². The van der Waals surface area contributed by atoms with Crippen molar-refractivity contribution in [3.63, 3.8) is 0 Å². The number of esters is 1. The first-order chi connectivity index (χ1) is 13.9. The van der Waals surface area contributed by atoms with Gasteiger partial charge in [0.15, 0.2) is 0 Å². The number of hydrogen-bond donors (Lipinski definition) is 1. The number of thiophene rings is 1. The van der Waals surface area contributed by atoms with E-state index < -0.39 is 35.3 Å². The van der Waals surface area contributed by atoms with Gasteiger partial charge in [0, 0.05) is 4.88 Å². The van der Waals surface area contributed by atoms with Crippen LogP contribution in [-0.2, 0) is 19.1 Å². The summed E-state index contributed by atoms with van der Waals surface area (Å²) in [7, 11) is 1.55. The molecule has 7 nitrogen and oxygen atoms in total. The summed E-state index contributed by atoms with van der Waals surface area (Å²) in [5, 5.41) is 5.17. The fraction of sp³-hybridized carbons (Fsp3) is 0.381. The van der Waals surface area contributed by atoms with Crippen molar-refractivity contribution < 1.29 is 23.9 Å². The molecule has 4 rings (SSSR count). The third kappa shape index (κ3) is 2.94. The number of methoxy groups -OCH3 is 1. The fourth-order valence-corrected chi connectivity index (χ4v) is 5.13. The van der Waals surface area contributed by atoms with E-state index in [0.717, 1.165) is 4.88 Å². The highest BCUT2D eigenvalue weighted by atomic mass is 32.1. The number of nitrogens with zero attached hydrogens (tertiary/aromatic N) is 1. The number of anilines is 1. The molecule has 1 N–H and O–H groups in total. The van der Waals surface area contributed by atoms with Gasteiger partial charge in [0.05, 0.1) is 37.3 Å². The van der Waals surface area contributed by atoms with Crippen molar-refractivity contribution >= 4 is 34.8 Å². The maximum atomic E-state index is 13.4. The van der Waals surface area contributed by atoms with Crippen LogP contribution < -0.4 is 15.0 Å². The highest BCUT2D eigenvalue weighted by Gasteiger charge is 2.67. The summed E-state index contributed by atoms with van der Waals surface area (Å²) < 4.78 is 10.4. The number of benzene rings is 1. The molecule has 3 heterocycles. The van der Waals surface area contributed by atoms with E-state index in [1.54, 1.807) is 45.2 Å². The van der Waals surface area contributed by atoms with Crippen LogP contribution in [0.15, 0.2) is 41.8 Å². The van der Waals surface area contributed by atoms with E-state index in [9.17, 15) is 14.4 Å². The van der Waals surface area contributed by atoms with Crippen LogP contribution >= 0.6 is 11.3 Å². The molecule has 0 unspecified atom stereocenters. The number of ether oxygens (including phenoxy) is 2. The van der Waals surface area contributed by atoms with Crippen molar-refractivity contribution in [2.75, 3.05) is 18.6 Å². The van der Waals surface area contributed by atoms with Gasteiger partial charge < -0.3 is 9.47 Å². The van der Waals surface area contributed by atoms with Gasteiger partial charge in [0.25, 0.3) is 0 Å². The van der Waals surface area contributed by atoms with E-state index in [0.29, 0.717) is 11.4 Å². The molecular formula is C21H22N2O5S. The number of fused-ring (bicyclic) bond motifs is 1. The Kier molecular flexibility index (Phi) is 4.92. The Bertz CT molecular complexity index is 942. The van der Waals surface area contributed by atoms with Crippen LogP contribution in [0.4, 0.5) is 5.69 Å². The topological polar surface area (TPSA) is 84.9 Å². The quantitative estimate of drug-likeness (QED) is 0.598. The lowest BCUT2D eigenvalue weighted by Gasteiger charge is -2.29. The Hall–Kier alpha value is -2.71. The van der Waals surface area contributed by atoms with E-state index in [2.05, 4.69) is 5.32 Å². The van der Waals surface area contributed by atoms with Gasteiger partial charge in [-0.15, -0.1) is 11.3 Å². The van der Waals surface area contributed by atoms with Crippen molar-refractivity contribution in [1.82, 2.24) is 5.32 Å². The van der Waals surface area contributed by atoms with Crippen molar-refractivity contribution in [1.29, 1.82) is 0 Å². The molecule has 0 spiro atoms. The molecule has 2 saturated heterocycles. The Morgan fingerprint density at radius 3 is 2.52 bits per heavy atom. The lowest BCUT2D eigenvalue weighted by atomic mass is 9.81. The summed E-state index contributed by atoms with van der Waals surface area (Å²) in [5.74, 6) is -2.13. The Labute approximate surface area is 172 Å². The second-order valence-corrected chi connectivity index (χ2v) is 8.25. The third-order valence-corrected chi connectivity index (χ3v) is 6.62. The summed E-state index contributed by atoms with van der Waals surface area (Å²) in [5.41, 5.74) is -0.824. The molecule has 0 bridgehead atoms. The third-order valence-electron chi connectivity index (χ3n) is 5.67. The van der Waals surface area contributed by atoms with Gasteiger partial charge >= 0.3 is 5.97 Å². The summed E-state index contributed by atoms with van der Waals surface area (Å²) >= 11 is 1.49. The molecule has 2 aromatic rings. The van der Waals surface area contributed by atoms with E-state index >= 15 is 0 Å². The largest absolute Gasteiger partial charge is 0.497 e. The average molecular weight is 414 g/mol. The van der Waals surface area contributed by atoms with Crippen LogP contribution in [0.3, 0.4) is 0 Å². The number of nitrogens with one attached hydrogen (secondary N) is 1. The van der Waals surface area contributed by atoms with E-state index in [-0.39, 0.29) is 12.5 Å². The molecule has 0 saturated carbocycles. The van der Waals surface area contributed by atoms with Gasteiger partial charge in [-0.1, -0.05) is 6.07 Å². The van der Waals surface area contributed by atoms with Crippen molar-refractivity contribution in [2.45, 2.75) is 25.4 Å². The van der Waals surface area contributed by atoms with Crippen molar-refractivity contribution in [3.8, 4) is 5.75 Å². The minimum Gasteiger partial charge on any atom is -0.497 e. The lowest BCUT2D eigenvalue weighted by Crippen LogP contribution is -2.54. The zero-order chi connectivity index (χ0) is 20.8. The van der Waals surface area contributed by atoms with Crippen molar-refractivity contribution in [2.24, 2.45) is 11.8 Å². The Morgan fingerprint density at radius 2 is 1.93 bits per heavy atom. The van der Waals surface area contributed by atoms with Crippen LogP contribution in [0.2, 0.25) is 0 Å². The second kappa shape index (κ2) is 7.27. The maximum Gasteiger partial charge on any atom is 0.326 e. The minimum atomic E-state index is -1.29. The SMILES string of the molecule is CCOC(=O)[C@]1(C)N[C@@H](c2cccs2)[C@H]2C(=O)N(c3ccc(OC)cc3)C(=O)[C@H]21. The highest BCUT2D eigenvalue weighted by Crippen LogP contribution is 2.50. The molecule has 2 aliphatic rings. The zero-order valence-corrected chi connectivity index (χ0v) is 17.2. The number of carbonyl (C=O) groups excluding carboxylic acids is 3. The summed E-state index contributed by atoms with van der Waals surface area (Å²) in [4.78, 5) is 41.8. The average Bonchev–Trinajstić information content (AvgIpc) is 3.40. The van der Waals surface area contributed by atoms with Crippen LogP contribution in [0, 0.1) is 11.8 Å². The number of hydrogen-bond acceptors (Lipinski definition) is 7. The predicted molar refractivity (Wildman–Crippen MR) is 108 cm³/mol. The lowest BCUT2D eigenvalue weighted by molar-refractivity contribution is -0.153. The molecule has 0 aliphatic carbocycles. The normalized spacial score (nSPS) is 28.5. The molecule has 29 heavy (non-hydrogen) atoms. The fourth-order valence-electron chi connectivity index (χ4n) is 4.31. The molecule has 0 radical (unpaired) electrons. The van der Waals surface area contributed by atoms with Crippen molar-refractivity contribution in [3.05, 3.63) is 46.7 Å². The molecule has 2 aliphatic heterocycles. The predicted octanol–water partition coefficient (Wildman–Crippen LogP) is 2.53. The van der Waals surface area contributed by atoms with Crippen LogP contribution in [0.1, 0.15) is 24.8 Å². The van der Waals surface area contributed by atoms with Crippen LogP contribution in [-0.4, -0.2) is 37.0 Å². The first-order valence-corrected chi connectivity index (χ1v) is 10.3. The Morgan fingerprint density at radius 1 is 1.21 bits per heavy atom. The van der Waals surface area contributed by atoms with Gasteiger partial charge in [0.1, 0.15) is 11.3 Å². The van der Waals surface area contributed by atoms with Gasteiger partial charge in [-0.3, -0.25) is 19.7 Å². The number of imide groups is 1. The molecule has 2 amide bonds. The molecule has 4 atom stereocenters. The smallest absolute Gasteiger partial charge is 0.326 e. The zero-order valence-electron chi connectivity index (χ0n) is 16.4. The number of carbonyl (C=O) groups is 3. The summed E-state index contributed by atoms with van der Waals surface area (Å²) in [6, 6.07) is 10.1. The van der Waals surface area contributed by atoms with E-state index in [1.807, 2.05) is 17.5 Å². The molecule has 1 aromatic carbocycles.